The summed E-state index contributed by atoms with van der Waals surface area (Å²) in [6, 6.07) is 8.79. The lowest BCUT2D eigenvalue weighted by atomic mass is 10.1. The summed E-state index contributed by atoms with van der Waals surface area (Å²) in [6.07, 6.45) is 4.47. The molecular formula is C17H26N2O2S. The molecule has 1 saturated heterocycles. The molecule has 0 radical (unpaired) electrons. The topological polar surface area (TPSA) is 52.6 Å². The molecule has 2 atom stereocenters. The van der Waals surface area contributed by atoms with E-state index >= 15 is 0 Å². The molecule has 122 valence electrons. The normalized spacial score (nSPS) is 17.8. The first-order valence-electron chi connectivity index (χ1n) is 7.92. The minimum absolute atomic E-state index is 0.209. The van der Waals surface area contributed by atoms with Gasteiger partial charge in [-0.2, -0.15) is 11.8 Å². The Kier molecular flexibility index (Phi) is 6.73. The van der Waals surface area contributed by atoms with Crippen LogP contribution in [0.2, 0.25) is 0 Å². The van der Waals surface area contributed by atoms with Gasteiger partial charge in [0.1, 0.15) is 0 Å². The van der Waals surface area contributed by atoms with Crippen LogP contribution < -0.4 is 10.2 Å². The summed E-state index contributed by atoms with van der Waals surface area (Å²) in [5.74, 6) is 1.22. The number of thioether (sulfide) groups is 1. The Morgan fingerprint density at radius 1 is 1.36 bits per heavy atom. The zero-order valence-corrected chi connectivity index (χ0v) is 14.2. The standard InChI is InChI=1S/C17H26N2O2S/c1-13(18-15(9-11-20)12-22-2)14-5-7-16(8-6-14)19-10-3-4-17(19)21/h5-8,13,15,18,20H,3-4,9-12H2,1-2H3. The molecule has 0 bridgehead atoms. The van der Waals surface area contributed by atoms with Gasteiger partial charge in [-0.15, -0.1) is 0 Å². The average molecular weight is 322 g/mol. The molecule has 1 aromatic carbocycles. The van der Waals surface area contributed by atoms with Crippen LogP contribution in [0.25, 0.3) is 0 Å². The number of aliphatic hydroxyl groups excluding tert-OH is 1. The van der Waals surface area contributed by atoms with Crippen molar-refractivity contribution in [2.45, 2.75) is 38.3 Å². The Balaban J connectivity index is 1.98. The first kappa shape index (κ1) is 17.3. The van der Waals surface area contributed by atoms with Crippen LogP contribution in [-0.2, 0) is 4.79 Å². The number of benzene rings is 1. The fraction of sp³-hybridized carbons (Fsp3) is 0.588. The van der Waals surface area contributed by atoms with Crippen molar-refractivity contribution in [3.8, 4) is 0 Å². The van der Waals surface area contributed by atoms with Gasteiger partial charge < -0.3 is 15.3 Å². The minimum atomic E-state index is 0.209. The van der Waals surface area contributed by atoms with E-state index < -0.39 is 0 Å². The van der Waals surface area contributed by atoms with Crippen molar-refractivity contribution >= 4 is 23.4 Å². The molecule has 0 aliphatic carbocycles. The van der Waals surface area contributed by atoms with Gasteiger partial charge >= 0.3 is 0 Å². The van der Waals surface area contributed by atoms with Crippen molar-refractivity contribution in [3.63, 3.8) is 0 Å². The summed E-state index contributed by atoms with van der Waals surface area (Å²) < 4.78 is 0. The maximum Gasteiger partial charge on any atom is 0.227 e. The Morgan fingerprint density at radius 3 is 2.64 bits per heavy atom. The number of carbonyl (C=O) groups is 1. The summed E-state index contributed by atoms with van der Waals surface area (Å²) >= 11 is 1.79. The van der Waals surface area contributed by atoms with Crippen molar-refractivity contribution in [2.75, 3.05) is 30.1 Å². The quantitative estimate of drug-likeness (QED) is 0.772. The molecule has 1 aromatic rings. The van der Waals surface area contributed by atoms with Crippen LogP contribution in [-0.4, -0.2) is 42.2 Å². The summed E-state index contributed by atoms with van der Waals surface area (Å²) in [7, 11) is 0. The van der Waals surface area contributed by atoms with Crippen molar-refractivity contribution in [1.29, 1.82) is 0 Å². The predicted molar refractivity (Wildman–Crippen MR) is 93.5 cm³/mol. The number of carbonyl (C=O) groups excluding carboxylic acids is 1. The van der Waals surface area contributed by atoms with Crippen LogP contribution in [0.4, 0.5) is 5.69 Å². The molecule has 22 heavy (non-hydrogen) atoms. The van der Waals surface area contributed by atoms with Crippen LogP contribution in [0.1, 0.15) is 37.8 Å². The fourth-order valence-electron chi connectivity index (χ4n) is 2.89. The lowest BCUT2D eigenvalue weighted by Crippen LogP contribution is -2.34. The van der Waals surface area contributed by atoms with E-state index in [-0.39, 0.29) is 18.6 Å². The fourth-order valence-corrected chi connectivity index (χ4v) is 3.55. The number of aliphatic hydroxyl groups is 1. The number of hydrogen-bond donors (Lipinski definition) is 2. The van der Waals surface area contributed by atoms with Gasteiger partial charge in [-0.3, -0.25) is 4.79 Å². The summed E-state index contributed by atoms with van der Waals surface area (Å²) in [5, 5.41) is 12.7. The molecule has 1 heterocycles. The second-order valence-electron chi connectivity index (χ2n) is 5.79. The van der Waals surface area contributed by atoms with Gasteiger partial charge in [-0.05, 0) is 43.7 Å². The minimum Gasteiger partial charge on any atom is -0.396 e. The monoisotopic (exact) mass is 322 g/mol. The SMILES string of the molecule is CSCC(CCO)NC(C)c1ccc(N2CCCC2=O)cc1. The van der Waals surface area contributed by atoms with Crippen molar-refractivity contribution in [3.05, 3.63) is 29.8 Å². The molecule has 1 aliphatic rings. The molecule has 0 aromatic heterocycles. The number of rotatable bonds is 8. The van der Waals surface area contributed by atoms with Crippen LogP contribution in [0.15, 0.2) is 24.3 Å². The molecule has 4 nitrogen and oxygen atoms in total. The lowest BCUT2D eigenvalue weighted by Gasteiger charge is -2.23. The van der Waals surface area contributed by atoms with Crippen molar-refractivity contribution < 1.29 is 9.90 Å². The van der Waals surface area contributed by atoms with Crippen LogP contribution in [0, 0.1) is 0 Å². The Bertz CT molecular complexity index is 472. The summed E-state index contributed by atoms with van der Waals surface area (Å²) in [6.45, 7) is 3.18. The number of hydrogen-bond acceptors (Lipinski definition) is 4. The second kappa shape index (κ2) is 8.56. The number of nitrogens with zero attached hydrogens (tertiary/aromatic N) is 1. The number of amides is 1. The Labute approximate surface area is 137 Å². The van der Waals surface area contributed by atoms with E-state index in [1.165, 1.54) is 5.56 Å². The third kappa shape index (κ3) is 4.48. The summed E-state index contributed by atoms with van der Waals surface area (Å²) in [4.78, 5) is 13.6. The Morgan fingerprint density at radius 2 is 2.09 bits per heavy atom. The van der Waals surface area contributed by atoms with E-state index in [2.05, 4.69) is 30.6 Å². The van der Waals surface area contributed by atoms with Crippen molar-refractivity contribution in [1.82, 2.24) is 5.32 Å². The van der Waals surface area contributed by atoms with Gasteiger partial charge in [0.2, 0.25) is 5.91 Å². The van der Waals surface area contributed by atoms with E-state index in [0.29, 0.717) is 12.5 Å². The molecule has 1 fully saturated rings. The highest BCUT2D eigenvalue weighted by atomic mass is 32.2. The molecular weight excluding hydrogens is 296 g/mol. The highest BCUT2D eigenvalue weighted by molar-refractivity contribution is 7.98. The predicted octanol–water partition coefficient (Wildman–Crippen LogP) is 2.58. The van der Waals surface area contributed by atoms with Gasteiger partial charge in [-0.25, -0.2) is 0 Å². The van der Waals surface area contributed by atoms with Gasteiger partial charge in [0.25, 0.3) is 0 Å². The first-order valence-corrected chi connectivity index (χ1v) is 9.31. The molecule has 1 aliphatic heterocycles. The van der Waals surface area contributed by atoms with Crippen LogP contribution >= 0.6 is 11.8 Å². The number of nitrogens with one attached hydrogen (secondary N) is 1. The zero-order chi connectivity index (χ0) is 15.9. The molecule has 0 saturated carbocycles. The zero-order valence-electron chi connectivity index (χ0n) is 13.4. The molecule has 2 unspecified atom stereocenters. The number of anilines is 1. The third-order valence-electron chi connectivity index (χ3n) is 4.11. The average Bonchev–Trinajstić information content (AvgIpc) is 2.94. The van der Waals surface area contributed by atoms with E-state index in [1.54, 1.807) is 11.8 Å². The van der Waals surface area contributed by atoms with E-state index in [4.69, 9.17) is 5.11 Å². The lowest BCUT2D eigenvalue weighted by molar-refractivity contribution is -0.117. The van der Waals surface area contributed by atoms with Gasteiger partial charge in [0.15, 0.2) is 0 Å². The highest BCUT2D eigenvalue weighted by Crippen LogP contribution is 2.24. The Hall–Kier alpha value is -1.04. The molecule has 0 spiro atoms. The van der Waals surface area contributed by atoms with Crippen LogP contribution in [0.5, 0.6) is 0 Å². The van der Waals surface area contributed by atoms with Crippen LogP contribution in [0.3, 0.4) is 0 Å². The maximum atomic E-state index is 11.8. The molecule has 2 rings (SSSR count). The third-order valence-corrected chi connectivity index (χ3v) is 4.84. The van der Waals surface area contributed by atoms with Gasteiger partial charge in [0.05, 0.1) is 0 Å². The van der Waals surface area contributed by atoms with E-state index in [0.717, 1.165) is 30.8 Å². The second-order valence-corrected chi connectivity index (χ2v) is 6.70. The van der Waals surface area contributed by atoms with Gasteiger partial charge in [-0.1, -0.05) is 12.1 Å². The van der Waals surface area contributed by atoms with E-state index in [1.807, 2.05) is 17.0 Å². The van der Waals surface area contributed by atoms with Crippen molar-refractivity contribution in [2.24, 2.45) is 0 Å². The molecule has 5 heteroatoms. The maximum absolute atomic E-state index is 11.8. The largest absolute Gasteiger partial charge is 0.396 e. The van der Waals surface area contributed by atoms with E-state index in [9.17, 15) is 4.79 Å². The smallest absolute Gasteiger partial charge is 0.227 e. The highest BCUT2D eigenvalue weighted by Gasteiger charge is 2.21. The molecule has 1 amide bonds. The first-order chi connectivity index (χ1) is 10.7. The summed E-state index contributed by atoms with van der Waals surface area (Å²) in [5.41, 5.74) is 2.20. The molecule has 2 N–H and O–H groups in total. The van der Waals surface area contributed by atoms with Gasteiger partial charge in [0, 0.05) is 43.1 Å².